The van der Waals surface area contributed by atoms with Gasteiger partial charge in [0.2, 0.25) is 10.0 Å². The first-order chi connectivity index (χ1) is 7.86. The molecule has 1 aromatic rings. The van der Waals surface area contributed by atoms with Crippen molar-refractivity contribution >= 4 is 10.0 Å². The minimum Gasteiger partial charge on any atom is -0.395 e. The molecule has 0 aromatic heterocycles. The highest BCUT2D eigenvalue weighted by Gasteiger charge is 2.22. The van der Waals surface area contributed by atoms with Crippen molar-refractivity contribution in [2.45, 2.75) is 25.1 Å². The zero-order valence-electron chi connectivity index (χ0n) is 9.72. The van der Waals surface area contributed by atoms with Gasteiger partial charge in [-0.3, -0.25) is 0 Å². The minimum atomic E-state index is -3.56. The maximum absolute atomic E-state index is 12.7. The van der Waals surface area contributed by atoms with Crippen molar-refractivity contribution in [3.63, 3.8) is 0 Å². The summed E-state index contributed by atoms with van der Waals surface area (Å²) in [5, 5.41) is 7.95. The second-order valence-corrected chi connectivity index (χ2v) is 6.06. The molecule has 0 saturated carbocycles. The molecule has 0 radical (unpaired) electrons. The molecule has 96 valence electrons. The summed E-state index contributed by atoms with van der Waals surface area (Å²) in [4.78, 5) is 0. The Morgan fingerprint density at radius 1 is 1.29 bits per heavy atom. The molecule has 2 atom stereocenters. The number of nitrogens with one attached hydrogen (secondary N) is 1. The molecule has 0 spiro atoms. The van der Waals surface area contributed by atoms with Crippen molar-refractivity contribution < 1.29 is 17.9 Å². The predicted molar refractivity (Wildman–Crippen MR) is 63.4 cm³/mol. The van der Waals surface area contributed by atoms with Crippen LogP contribution in [0.2, 0.25) is 0 Å². The van der Waals surface area contributed by atoms with Gasteiger partial charge in [0.25, 0.3) is 0 Å². The van der Waals surface area contributed by atoms with Gasteiger partial charge in [-0.25, -0.2) is 17.5 Å². The molecule has 0 heterocycles. The molecule has 2 unspecified atom stereocenters. The number of hydrogen-bond donors (Lipinski definition) is 2. The van der Waals surface area contributed by atoms with E-state index in [-0.39, 0.29) is 5.82 Å². The molecule has 1 rings (SSSR count). The highest BCUT2D eigenvalue weighted by Crippen LogP contribution is 2.15. The summed E-state index contributed by atoms with van der Waals surface area (Å²) in [6.45, 7) is 2.64. The van der Waals surface area contributed by atoms with Crippen molar-refractivity contribution in [3.05, 3.63) is 35.6 Å². The van der Waals surface area contributed by atoms with Gasteiger partial charge >= 0.3 is 0 Å². The van der Waals surface area contributed by atoms with Crippen LogP contribution in [0.25, 0.3) is 0 Å². The third-order valence-electron chi connectivity index (χ3n) is 2.50. The lowest BCUT2D eigenvalue weighted by molar-refractivity contribution is 0.294. The summed E-state index contributed by atoms with van der Waals surface area (Å²) in [6, 6.07) is 5.12. The first-order valence-corrected chi connectivity index (χ1v) is 6.79. The molecular weight excluding hydrogens is 245 g/mol. The van der Waals surface area contributed by atoms with Gasteiger partial charge in [0, 0.05) is 6.04 Å². The average Bonchev–Trinajstić information content (AvgIpc) is 2.28. The monoisotopic (exact) mass is 261 g/mol. The molecule has 0 amide bonds. The third kappa shape index (κ3) is 3.76. The fourth-order valence-corrected chi connectivity index (χ4v) is 2.34. The van der Waals surface area contributed by atoms with Crippen LogP contribution in [-0.2, 0) is 10.0 Å². The van der Waals surface area contributed by atoms with Gasteiger partial charge in [-0.05, 0) is 31.5 Å². The summed E-state index contributed by atoms with van der Waals surface area (Å²) < 4.78 is 38.5. The molecular formula is C11H16FNO3S. The Hall–Kier alpha value is -0.980. The first kappa shape index (κ1) is 14.1. The lowest BCUT2D eigenvalue weighted by Crippen LogP contribution is -2.36. The number of aliphatic hydroxyl groups excluding tert-OH is 1. The Kier molecular flexibility index (Phi) is 4.62. The van der Waals surface area contributed by atoms with Crippen molar-refractivity contribution in [2.75, 3.05) is 6.61 Å². The zero-order chi connectivity index (χ0) is 13.1. The lowest BCUT2D eigenvalue weighted by atomic mass is 10.1. The summed E-state index contributed by atoms with van der Waals surface area (Å²) in [5.74, 6) is -0.368. The van der Waals surface area contributed by atoms with Gasteiger partial charge in [0.1, 0.15) is 5.82 Å². The maximum Gasteiger partial charge on any atom is 0.217 e. The molecule has 17 heavy (non-hydrogen) atoms. The SMILES string of the molecule is CC(NS(=O)(=O)C(C)CO)c1ccc(F)cc1. The summed E-state index contributed by atoms with van der Waals surface area (Å²) in [5.41, 5.74) is 0.667. The van der Waals surface area contributed by atoms with Crippen molar-refractivity contribution in [3.8, 4) is 0 Å². The average molecular weight is 261 g/mol. The van der Waals surface area contributed by atoms with E-state index in [1.165, 1.54) is 31.2 Å². The van der Waals surface area contributed by atoms with Crippen LogP contribution in [0.3, 0.4) is 0 Å². The van der Waals surface area contributed by atoms with E-state index < -0.39 is 27.9 Å². The number of hydrogen-bond acceptors (Lipinski definition) is 3. The topological polar surface area (TPSA) is 66.4 Å². The van der Waals surface area contributed by atoms with Gasteiger partial charge in [0.15, 0.2) is 0 Å². The fourth-order valence-electron chi connectivity index (χ4n) is 1.28. The standard InChI is InChI=1S/C11H16FNO3S/c1-8(7-14)17(15,16)13-9(2)10-3-5-11(12)6-4-10/h3-6,8-9,13-14H,7H2,1-2H3. The van der Waals surface area contributed by atoms with Crippen LogP contribution in [0.1, 0.15) is 25.5 Å². The Balaban J connectivity index is 2.79. The Morgan fingerprint density at radius 3 is 2.29 bits per heavy atom. The van der Waals surface area contributed by atoms with Crippen LogP contribution < -0.4 is 4.72 Å². The molecule has 2 N–H and O–H groups in total. The van der Waals surface area contributed by atoms with E-state index in [4.69, 9.17) is 5.11 Å². The minimum absolute atomic E-state index is 0.368. The molecule has 0 aliphatic rings. The van der Waals surface area contributed by atoms with E-state index in [0.29, 0.717) is 5.56 Å². The summed E-state index contributed by atoms with van der Waals surface area (Å²) in [6.07, 6.45) is 0. The second kappa shape index (κ2) is 5.57. The van der Waals surface area contributed by atoms with E-state index in [1.807, 2.05) is 0 Å². The van der Waals surface area contributed by atoms with Gasteiger partial charge in [0.05, 0.1) is 11.9 Å². The van der Waals surface area contributed by atoms with Gasteiger partial charge in [-0.1, -0.05) is 12.1 Å². The van der Waals surface area contributed by atoms with Gasteiger partial charge in [-0.2, -0.15) is 0 Å². The second-order valence-electron chi connectivity index (χ2n) is 3.93. The van der Waals surface area contributed by atoms with E-state index >= 15 is 0 Å². The third-order valence-corrected chi connectivity index (χ3v) is 4.39. The zero-order valence-corrected chi connectivity index (χ0v) is 10.5. The molecule has 1 aromatic carbocycles. The molecule has 6 heteroatoms. The van der Waals surface area contributed by atoms with E-state index in [9.17, 15) is 12.8 Å². The first-order valence-electron chi connectivity index (χ1n) is 5.24. The van der Waals surface area contributed by atoms with E-state index in [2.05, 4.69) is 4.72 Å². The molecule has 0 bridgehead atoms. The fraction of sp³-hybridized carbons (Fsp3) is 0.455. The maximum atomic E-state index is 12.7. The Bertz CT molecular complexity index is 458. The predicted octanol–water partition coefficient (Wildman–Crippen LogP) is 1.19. The quantitative estimate of drug-likeness (QED) is 0.836. The van der Waals surface area contributed by atoms with Crippen LogP contribution in [0.5, 0.6) is 0 Å². The summed E-state index contributed by atoms with van der Waals surface area (Å²) >= 11 is 0. The molecule has 0 aliphatic heterocycles. The largest absolute Gasteiger partial charge is 0.395 e. The highest BCUT2D eigenvalue weighted by molar-refractivity contribution is 7.90. The van der Waals surface area contributed by atoms with Crippen molar-refractivity contribution in [1.82, 2.24) is 4.72 Å². The summed E-state index contributed by atoms with van der Waals surface area (Å²) in [7, 11) is -3.56. The van der Waals surface area contributed by atoms with Crippen LogP contribution in [0.15, 0.2) is 24.3 Å². The normalized spacial score (nSPS) is 15.5. The lowest BCUT2D eigenvalue weighted by Gasteiger charge is -2.17. The van der Waals surface area contributed by atoms with E-state index in [1.54, 1.807) is 6.92 Å². The Labute approximate surface area is 101 Å². The molecule has 0 fully saturated rings. The Morgan fingerprint density at radius 2 is 1.82 bits per heavy atom. The molecule has 0 saturated heterocycles. The van der Waals surface area contributed by atoms with Crippen molar-refractivity contribution in [2.24, 2.45) is 0 Å². The number of aliphatic hydroxyl groups is 1. The smallest absolute Gasteiger partial charge is 0.217 e. The highest BCUT2D eigenvalue weighted by atomic mass is 32.2. The van der Waals surface area contributed by atoms with E-state index in [0.717, 1.165) is 0 Å². The van der Waals surface area contributed by atoms with Crippen LogP contribution >= 0.6 is 0 Å². The van der Waals surface area contributed by atoms with Crippen molar-refractivity contribution in [1.29, 1.82) is 0 Å². The molecule has 0 aliphatic carbocycles. The number of benzene rings is 1. The van der Waals surface area contributed by atoms with Crippen LogP contribution in [0, 0.1) is 5.82 Å². The van der Waals surface area contributed by atoms with Crippen LogP contribution in [-0.4, -0.2) is 25.4 Å². The van der Waals surface area contributed by atoms with Gasteiger partial charge < -0.3 is 5.11 Å². The van der Waals surface area contributed by atoms with Gasteiger partial charge in [-0.15, -0.1) is 0 Å². The number of halogens is 1. The number of sulfonamides is 1. The van der Waals surface area contributed by atoms with Crippen LogP contribution in [0.4, 0.5) is 4.39 Å². The number of rotatable bonds is 5. The molecule has 4 nitrogen and oxygen atoms in total.